The van der Waals surface area contributed by atoms with E-state index in [2.05, 4.69) is 10.6 Å². The molecule has 0 bridgehead atoms. The van der Waals surface area contributed by atoms with Crippen molar-refractivity contribution in [2.75, 3.05) is 25.4 Å². The van der Waals surface area contributed by atoms with Crippen LogP contribution in [0.25, 0.3) is 10.8 Å². The standard InChI is InChI=1S/C33H46N4O6S/c1-23(2)21-37(44(41,42)28-17-15-26(34)16-18-28)27(22-38)13-9-19-35-31(39)30(36-32(40)43-33(3,4)5)20-25-12-8-11-24-10-6-7-14-29(24)25/h6-8,10-12,14-18,23,27,30,38H,9,13,19-22,34H2,1-5H3,(H,35,39)(H,36,40)/t27?,30-/m0/s1. The summed E-state index contributed by atoms with van der Waals surface area (Å²) in [7, 11) is -3.90. The molecule has 3 aromatic carbocycles. The highest BCUT2D eigenvalue weighted by Crippen LogP contribution is 2.23. The number of benzene rings is 3. The predicted molar refractivity (Wildman–Crippen MR) is 174 cm³/mol. The number of hydrogen-bond acceptors (Lipinski definition) is 7. The van der Waals surface area contributed by atoms with Gasteiger partial charge < -0.3 is 26.2 Å². The predicted octanol–water partition coefficient (Wildman–Crippen LogP) is 4.46. The molecule has 240 valence electrons. The number of nitrogens with two attached hydrogens (primary N) is 1. The Kier molecular flexibility index (Phi) is 12.2. The van der Waals surface area contributed by atoms with E-state index in [-0.39, 0.29) is 36.9 Å². The molecule has 0 radical (unpaired) electrons. The smallest absolute Gasteiger partial charge is 0.408 e. The Morgan fingerprint density at radius 1 is 1.00 bits per heavy atom. The van der Waals surface area contributed by atoms with Gasteiger partial charge in [0, 0.05) is 31.2 Å². The fourth-order valence-electron chi connectivity index (χ4n) is 4.93. The molecule has 2 atom stereocenters. The Hall–Kier alpha value is -3.67. The van der Waals surface area contributed by atoms with Gasteiger partial charge >= 0.3 is 6.09 Å². The maximum Gasteiger partial charge on any atom is 0.408 e. The number of anilines is 1. The quantitative estimate of drug-likeness (QED) is 0.152. The topological polar surface area (TPSA) is 151 Å². The number of alkyl carbamates (subject to hydrolysis) is 1. The average molecular weight is 627 g/mol. The van der Waals surface area contributed by atoms with Gasteiger partial charge in [-0.25, -0.2) is 13.2 Å². The van der Waals surface area contributed by atoms with E-state index in [0.29, 0.717) is 18.5 Å². The van der Waals surface area contributed by atoms with Gasteiger partial charge in [-0.1, -0.05) is 56.3 Å². The summed E-state index contributed by atoms with van der Waals surface area (Å²) in [6.07, 6.45) is 0.255. The van der Waals surface area contributed by atoms with Crippen molar-refractivity contribution in [2.24, 2.45) is 5.92 Å². The second-order valence-corrected chi connectivity index (χ2v) is 14.2. The Morgan fingerprint density at radius 3 is 2.30 bits per heavy atom. The van der Waals surface area contributed by atoms with Gasteiger partial charge in [-0.15, -0.1) is 0 Å². The zero-order valence-electron chi connectivity index (χ0n) is 26.2. The van der Waals surface area contributed by atoms with Crippen LogP contribution in [0.4, 0.5) is 10.5 Å². The summed E-state index contributed by atoms with van der Waals surface area (Å²) in [5, 5.41) is 17.8. The first kappa shape index (κ1) is 34.8. The SMILES string of the molecule is CC(C)CN(C(CO)CCCNC(=O)[C@H](Cc1cccc2ccccc12)NC(=O)OC(C)(C)C)S(=O)(=O)c1ccc(N)cc1. The van der Waals surface area contributed by atoms with Crippen LogP contribution in [0.5, 0.6) is 0 Å². The van der Waals surface area contributed by atoms with E-state index in [1.807, 2.05) is 56.3 Å². The molecule has 3 aromatic rings. The molecular weight excluding hydrogens is 580 g/mol. The van der Waals surface area contributed by atoms with Crippen LogP contribution in [0.2, 0.25) is 0 Å². The molecule has 0 heterocycles. The molecule has 0 fully saturated rings. The second kappa shape index (κ2) is 15.4. The van der Waals surface area contributed by atoms with Crippen molar-refractivity contribution >= 4 is 38.5 Å². The number of fused-ring (bicyclic) bond motifs is 1. The fraction of sp³-hybridized carbons (Fsp3) is 0.455. The number of nitrogens with zero attached hydrogens (tertiary/aromatic N) is 1. The fourth-order valence-corrected chi connectivity index (χ4v) is 6.74. The van der Waals surface area contributed by atoms with Gasteiger partial charge in [0.15, 0.2) is 0 Å². The number of carbonyl (C=O) groups excluding carboxylic acids is 2. The molecule has 0 saturated carbocycles. The lowest BCUT2D eigenvalue weighted by atomic mass is 9.98. The summed E-state index contributed by atoms with van der Waals surface area (Å²) in [5.41, 5.74) is 6.36. The molecule has 1 unspecified atom stereocenters. The lowest BCUT2D eigenvalue weighted by Crippen LogP contribution is -2.49. The van der Waals surface area contributed by atoms with Crippen LogP contribution in [0, 0.1) is 5.92 Å². The summed E-state index contributed by atoms with van der Waals surface area (Å²) in [4.78, 5) is 26.2. The van der Waals surface area contributed by atoms with E-state index in [1.54, 1.807) is 20.8 Å². The van der Waals surface area contributed by atoms with E-state index in [0.717, 1.165) is 16.3 Å². The number of aliphatic hydroxyl groups is 1. The largest absolute Gasteiger partial charge is 0.444 e. The average Bonchev–Trinajstić information content (AvgIpc) is 2.95. The molecule has 0 saturated heterocycles. The van der Waals surface area contributed by atoms with Gasteiger partial charge in [0.25, 0.3) is 0 Å². The zero-order chi connectivity index (χ0) is 32.5. The highest BCUT2D eigenvalue weighted by Gasteiger charge is 2.32. The maximum absolute atomic E-state index is 13.5. The van der Waals surface area contributed by atoms with E-state index < -0.39 is 39.7 Å². The summed E-state index contributed by atoms with van der Waals surface area (Å²) >= 11 is 0. The molecular formula is C33H46N4O6S. The third-order valence-corrected chi connectivity index (χ3v) is 8.91. The van der Waals surface area contributed by atoms with Gasteiger partial charge in [-0.2, -0.15) is 4.31 Å². The summed E-state index contributed by atoms with van der Waals surface area (Å²) in [5.74, 6) is -0.376. The number of sulfonamides is 1. The number of nitrogens with one attached hydrogen (secondary N) is 2. The van der Waals surface area contributed by atoms with Crippen LogP contribution in [0.1, 0.15) is 53.0 Å². The van der Waals surface area contributed by atoms with Crippen molar-refractivity contribution in [1.29, 1.82) is 0 Å². The second-order valence-electron chi connectivity index (χ2n) is 12.3. The van der Waals surface area contributed by atoms with Crippen LogP contribution in [0.15, 0.2) is 71.6 Å². The molecule has 0 aliphatic rings. The highest BCUT2D eigenvalue weighted by molar-refractivity contribution is 7.89. The minimum atomic E-state index is -3.90. The highest BCUT2D eigenvalue weighted by atomic mass is 32.2. The Bertz CT molecular complexity index is 1500. The number of aliphatic hydroxyl groups excluding tert-OH is 1. The van der Waals surface area contributed by atoms with Gasteiger partial charge in [0.2, 0.25) is 15.9 Å². The molecule has 10 nitrogen and oxygen atoms in total. The summed E-state index contributed by atoms with van der Waals surface area (Å²) in [6.45, 7) is 9.13. The molecule has 3 rings (SSSR count). The summed E-state index contributed by atoms with van der Waals surface area (Å²) in [6, 6.07) is 18.0. The number of nitrogen functional groups attached to an aromatic ring is 1. The zero-order valence-corrected chi connectivity index (χ0v) is 27.1. The first-order valence-electron chi connectivity index (χ1n) is 14.9. The molecule has 0 aliphatic heterocycles. The monoisotopic (exact) mass is 626 g/mol. The minimum Gasteiger partial charge on any atom is -0.444 e. The van der Waals surface area contributed by atoms with Crippen molar-refractivity contribution in [3.8, 4) is 0 Å². The first-order chi connectivity index (χ1) is 20.7. The van der Waals surface area contributed by atoms with Crippen LogP contribution in [-0.4, -0.2) is 67.2 Å². The lowest BCUT2D eigenvalue weighted by Gasteiger charge is -2.31. The van der Waals surface area contributed by atoms with E-state index in [9.17, 15) is 23.1 Å². The number of ether oxygens (including phenoxy) is 1. The number of rotatable bonds is 14. The van der Waals surface area contributed by atoms with Gasteiger partial charge in [-0.3, -0.25) is 4.79 Å². The number of amides is 2. The van der Waals surface area contributed by atoms with E-state index in [4.69, 9.17) is 10.5 Å². The van der Waals surface area contributed by atoms with Crippen LogP contribution in [-0.2, 0) is 26.0 Å². The summed E-state index contributed by atoms with van der Waals surface area (Å²) < 4.78 is 33.8. The van der Waals surface area contributed by atoms with Crippen LogP contribution < -0.4 is 16.4 Å². The molecule has 44 heavy (non-hydrogen) atoms. The number of hydrogen-bond donors (Lipinski definition) is 4. The van der Waals surface area contributed by atoms with Crippen molar-refractivity contribution < 1.29 is 27.9 Å². The normalized spacial score (nSPS) is 13.5. The Labute approximate surface area is 261 Å². The molecule has 2 amide bonds. The third kappa shape index (κ3) is 9.93. The van der Waals surface area contributed by atoms with Crippen molar-refractivity contribution in [1.82, 2.24) is 14.9 Å². The van der Waals surface area contributed by atoms with Crippen LogP contribution >= 0.6 is 0 Å². The maximum atomic E-state index is 13.5. The van der Waals surface area contributed by atoms with Gasteiger partial charge in [0.1, 0.15) is 11.6 Å². The van der Waals surface area contributed by atoms with E-state index in [1.165, 1.54) is 28.6 Å². The van der Waals surface area contributed by atoms with Gasteiger partial charge in [0.05, 0.1) is 11.5 Å². The Balaban J connectivity index is 1.71. The van der Waals surface area contributed by atoms with Crippen molar-refractivity contribution in [3.05, 3.63) is 72.3 Å². The number of carbonyl (C=O) groups is 2. The van der Waals surface area contributed by atoms with E-state index >= 15 is 0 Å². The minimum absolute atomic E-state index is 0.0149. The molecule has 11 heteroatoms. The lowest BCUT2D eigenvalue weighted by molar-refractivity contribution is -0.123. The third-order valence-electron chi connectivity index (χ3n) is 6.97. The van der Waals surface area contributed by atoms with Crippen LogP contribution in [0.3, 0.4) is 0 Å². The van der Waals surface area contributed by atoms with Gasteiger partial charge in [-0.05, 0) is 80.1 Å². The molecule has 0 aromatic heterocycles. The molecule has 0 aliphatic carbocycles. The molecule has 5 N–H and O–H groups in total. The van der Waals surface area contributed by atoms with Crippen molar-refractivity contribution in [2.45, 2.75) is 76.5 Å². The van der Waals surface area contributed by atoms with Crippen molar-refractivity contribution in [3.63, 3.8) is 0 Å². The first-order valence-corrected chi connectivity index (χ1v) is 16.4. The molecule has 0 spiro atoms. The Morgan fingerprint density at radius 2 is 1.66 bits per heavy atom.